The van der Waals surface area contributed by atoms with Gasteiger partial charge in [0.2, 0.25) is 0 Å². The van der Waals surface area contributed by atoms with Gasteiger partial charge in [-0.3, -0.25) is 4.79 Å². The van der Waals surface area contributed by atoms with Crippen LogP contribution in [0, 0.1) is 5.92 Å². The van der Waals surface area contributed by atoms with Gasteiger partial charge in [0.1, 0.15) is 5.92 Å². The molecule has 56 valence electrons. The molecule has 0 radical (unpaired) electrons. The molecule has 1 unspecified atom stereocenters. The van der Waals surface area contributed by atoms with Crippen molar-refractivity contribution in [2.24, 2.45) is 11.0 Å². The van der Waals surface area contributed by atoms with Gasteiger partial charge in [-0.2, -0.15) is 5.10 Å². The van der Waals surface area contributed by atoms with Crippen molar-refractivity contribution >= 4 is 11.6 Å². The molecule has 3 heteroatoms. The summed E-state index contributed by atoms with van der Waals surface area (Å²) in [6, 6.07) is 0. The Morgan fingerprint density at radius 1 is 1.55 bits per heavy atom. The standard InChI is InChI=1S/C8H8N2O/c1-5-2-3-7-6(4-5)8(11)10-9-7/h2-4,6H,1H3,(H,10,11). The molecule has 0 fully saturated rings. The Kier molecular flexibility index (Phi) is 1.18. The molecule has 2 aliphatic rings. The van der Waals surface area contributed by atoms with E-state index in [-0.39, 0.29) is 11.8 Å². The third-order valence-corrected chi connectivity index (χ3v) is 1.84. The fourth-order valence-corrected chi connectivity index (χ4v) is 1.23. The van der Waals surface area contributed by atoms with E-state index in [1.807, 2.05) is 25.2 Å². The lowest BCUT2D eigenvalue weighted by Gasteiger charge is -2.06. The van der Waals surface area contributed by atoms with Crippen molar-refractivity contribution in [1.82, 2.24) is 5.43 Å². The first-order valence-corrected chi connectivity index (χ1v) is 3.51. The maximum atomic E-state index is 11.0. The van der Waals surface area contributed by atoms with Gasteiger partial charge in [0.05, 0.1) is 5.71 Å². The van der Waals surface area contributed by atoms with Crippen molar-refractivity contribution in [3.8, 4) is 0 Å². The number of hydrazone groups is 1. The van der Waals surface area contributed by atoms with Crippen molar-refractivity contribution in [1.29, 1.82) is 0 Å². The molecule has 1 N–H and O–H groups in total. The summed E-state index contributed by atoms with van der Waals surface area (Å²) in [5, 5.41) is 3.86. The molecule has 0 saturated heterocycles. The van der Waals surface area contributed by atoms with Crippen LogP contribution in [-0.4, -0.2) is 11.6 Å². The molecule has 0 spiro atoms. The normalized spacial score (nSPS) is 27.4. The number of rotatable bonds is 0. The number of nitrogens with one attached hydrogen (secondary N) is 1. The second-order valence-electron chi connectivity index (χ2n) is 2.73. The van der Waals surface area contributed by atoms with E-state index in [0.717, 1.165) is 11.3 Å². The van der Waals surface area contributed by atoms with Crippen LogP contribution < -0.4 is 5.43 Å². The highest BCUT2D eigenvalue weighted by Crippen LogP contribution is 2.17. The molecular weight excluding hydrogens is 140 g/mol. The van der Waals surface area contributed by atoms with Crippen molar-refractivity contribution in [3.05, 3.63) is 23.8 Å². The molecule has 0 aromatic heterocycles. The Labute approximate surface area is 64.5 Å². The number of carbonyl (C=O) groups is 1. The van der Waals surface area contributed by atoms with E-state index in [0.29, 0.717) is 0 Å². The highest BCUT2D eigenvalue weighted by molar-refractivity contribution is 6.15. The molecule has 0 saturated carbocycles. The van der Waals surface area contributed by atoms with E-state index < -0.39 is 0 Å². The second-order valence-corrected chi connectivity index (χ2v) is 2.73. The van der Waals surface area contributed by atoms with Crippen LogP contribution in [0.1, 0.15) is 6.92 Å². The summed E-state index contributed by atoms with van der Waals surface area (Å²) >= 11 is 0. The van der Waals surface area contributed by atoms with Gasteiger partial charge in [-0.25, -0.2) is 5.43 Å². The average molecular weight is 148 g/mol. The van der Waals surface area contributed by atoms with Crippen LogP contribution in [0.3, 0.4) is 0 Å². The van der Waals surface area contributed by atoms with Crippen LogP contribution in [0.5, 0.6) is 0 Å². The predicted molar refractivity (Wildman–Crippen MR) is 42.0 cm³/mol. The zero-order valence-electron chi connectivity index (χ0n) is 6.16. The Bertz CT molecular complexity index is 299. The quantitative estimate of drug-likeness (QED) is 0.537. The summed E-state index contributed by atoms with van der Waals surface area (Å²) in [4.78, 5) is 11.0. The SMILES string of the molecule is CC1=CC2C(=O)NN=C2C=C1. The van der Waals surface area contributed by atoms with Crippen LogP contribution in [0.15, 0.2) is 28.9 Å². The molecule has 1 amide bonds. The molecule has 3 nitrogen and oxygen atoms in total. The van der Waals surface area contributed by atoms with Crippen molar-refractivity contribution < 1.29 is 4.79 Å². The number of fused-ring (bicyclic) bond motifs is 1. The molecule has 1 atom stereocenters. The van der Waals surface area contributed by atoms with Crippen LogP contribution in [-0.2, 0) is 4.79 Å². The monoisotopic (exact) mass is 148 g/mol. The van der Waals surface area contributed by atoms with Crippen LogP contribution in [0.4, 0.5) is 0 Å². The first-order valence-electron chi connectivity index (χ1n) is 3.51. The van der Waals surface area contributed by atoms with E-state index in [4.69, 9.17) is 0 Å². The highest BCUT2D eigenvalue weighted by atomic mass is 16.2. The minimum atomic E-state index is -0.139. The number of amides is 1. The minimum Gasteiger partial charge on any atom is -0.272 e. The molecule has 1 aliphatic carbocycles. The lowest BCUT2D eigenvalue weighted by Crippen LogP contribution is -2.21. The van der Waals surface area contributed by atoms with E-state index in [1.54, 1.807) is 0 Å². The Morgan fingerprint density at radius 3 is 3.18 bits per heavy atom. The largest absolute Gasteiger partial charge is 0.272 e. The number of hydrogen-bond acceptors (Lipinski definition) is 2. The van der Waals surface area contributed by atoms with Gasteiger partial charge in [-0.1, -0.05) is 17.7 Å². The van der Waals surface area contributed by atoms with Gasteiger partial charge in [0, 0.05) is 0 Å². The molecule has 0 bridgehead atoms. The van der Waals surface area contributed by atoms with E-state index in [9.17, 15) is 4.79 Å². The van der Waals surface area contributed by atoms with Crippen LogP contribution in [0.25, 0.3) is 0 Å². The Hall–Kier alpha value is -1.38. The topological polar surface area (TPSA) is 41.5 Å². The van der Waals surface area contributed by atoms with Gasteiger partial charge in [0.25, 0.3) is 5.91 Å². The maximum absolute atomic E-state index is 11.0. The summed E-state index contributed by atoms with van der Waals surface area (Å²) in [5.74, 6) is -0.163. The fraction of sp³-hybridized carbons (Fsp3) is 0.250. The van der Waals surface area contributed by atoms with Crippen molar-refractivity contribution in [3.63, 3.8) is 0 Å². The molecule has 1 aliphatic heterocycles. The van der Waals surface area contributed by atoms with E-state index >= 15 is 0 Å². The zero-order chi connectivity index (χ0) is 7.84. The number of carbonyl (C=O) groups excluding carboxylic acids is 1. The molecule has 0 aromatic carbocycles. The van der Waals surface area contributed by atoms with Gasteiger partial charge in [-0.05, 0) is 13.0 Å². The van der Waals surface area contributed by atoms with Crippen LogP contribution in [0.2, 0.25) is 0 Å². The third-order valence-electron chi connectivity index (χ3n) is 1.84. The number of allylic oxidation sites excluding steroid dienone is 3. The van der Waals surface area contributed by atoms with Gasteiger partial charge >= 0.3 is 0 Å². The first-order chi connectivity index (χ1) is 5.27. The van der Waals surface area contributed by atoms with Gasteiger partial charge in [0.15, 0.2) is 0 Å². The minimum absolute atomic E-state index is 0.0244. The molecular formula is C8H8N2O. The summed E-state index contributed by atoms with van der Waals surface area (Å²) in [5.41, 5.74) is 4.37. The maximum Gasteiger partial charge on any atom is 0.253 e. The van der Waals surface area contributed by atoms with E-state index in [2.05, 4.69) is 10.5 Å². The second kappa shape index (κ2) is 2.05. The van der Waals surface area contributed by atoms with E-state index in [1.165, 1.54) is 0 Å². The highest BCUT2D eigenvalue weighted by Gasteiger charge is 2.27. The Morgan fingerprint density at radius 2 is 2.36 bits per heavy atom. The molecule has 11 heavy (non-hydrogen) atoms. The van der Waals surface area contributed by atoms with Crippen molar-refractivity contribution in [2.75, 3.05) is 0 Å². The summed E-state index contributed by atoms with van der Waals surface area (Å²) < 4.78 is 0. The lowest BCUT2D eigenvalue weighted by atomic mass is 9.95. The van der Waals surface area contributed by atoms with Gasteiger partial charge in [-0.15, -0.1) is 0 Å². The summed E-state index contributed by atoms with van der Waals surface area (Å²) in [6.07, 6.45) is 5.74. The molecule has 1 heterocycles. The first kappa shape index (κ1) is 6.34. The summed E-state index contributed by atoms with van der Waals surface area (Å²) in [6.45, 7) is 1.97. The predicted octanol–water partition coefficient (Wildman–Crippen LogP) is 0.605. The zero-order valence-corrected chi connectivity index (χ0v) is 6.16. The summed E-state index contributed by atoms with van der Waals surface area (Å²) in [7, 11) is 0. The third kappa shape index (κ3) is 0.888. The van der Waals surface area contributed by atoms with Gasteiger partial charge < -0.3 is 0 Å². The molecule has 0 aromatic rings. The fourth-order valence-electron chi connectivity index (χ4n) is 1.23. The number of nitrogens with zero attached hydrogens (tertiary/aromatic N) is 1. The lowest BCUT2D eigenvalue weighted by molar-refractivity contribution is -0.121. The van der Waals surface area contributed by atoms with Crippen LogP contribution >= 0.6 is 0 Å². The smallest absolute Gasteiger partial charge is 0.253 e. The number of hydrogen-bond donors (Lipinski definition) is 1. The average Bonchev–Trinajstić information content (AvgIpc) is 2.33. The Balaban J connectivity index is 2.39. The molecule has 2 rings (SSSR count). The van der Waals surface area contributed by atoms with Crippen molar-refractivity contribution in [2.45, 2.75) is 6.92 Å².